The van der Waals surface area contributed by atoms with Crippen molar-refractivity contribution >= 4 is 16.9 Å². The Balaban J connectivity index is 2.07. The highest BCUT2D eigenvalue weighted by Gasteiger charge is 2.22. The highest BCUT2D eigenvalue weighted by Crippen LogP contribution is 2.31. The molecular weight excluding hydrogens is 387 g/mol. The topological polar surface area (TPSA) is 89.3 Å². The highest BCUT2D eigenvalue weighted by atomic mass is 19.1. The lowest BCUT2D eigenvalue weighted by Crippen LogP contribution is -2.46. The van der Waals surface area contributed by atoms with E-state index in [0.717, 1.165) is 5.56 Å². The smallest absolute Gasteiger partial charge is 0.253 e. The Kier molecular flexibility index (Phi) is 6.07. The molecule has 160 valence electrons. The SMILES string of the molecule is CC(F)Oc1cccc(-c2nn(C(C)C)c3cc(C(=O)NC(C)(C)CO)cnc23)c1. The molecule has 0 fully saturated rings. The molecule has 2 heterocycles. The van der Waals surface area contributed by atoms with Gasteiger partial charge in [-0.3, -0.25) is 14.5 Å². The van der Waals surface area contributed by atoms with Gasteiger partial charge in [-0.2, -0.15) is 5.10 Å². The first-order valence-electron chi connectivity index (χ1n) is 9.84. The fourth-order valence-corrected chi connectivity index (χ4v) is 3.05. The molecule has 2 N–H and O–H groups in total. The first kappa shape index (κ1) is 21.7. The van der Waals surface area contributed by atoms with Gasteiger partial charge in [0.1, 0.15) is 17.0 Å². The van der Waals surface area contributed by atoms with Gasteiger partial charge in [0.15, 0.2) is 0 Å². The van der Waals surface area contributed by atoms with Gasteiger partial charge in [0, 0.05) is 24.7 Å². The van der Waals surface area contributed by atoms with Crippen molar-refractivity contribution in [2.45, 2.75) is 52.6 Å². The molecule has 1 aromatic carbocycles. The number of hydrogen-bond acceptors (Lipinski definition) is 5. The summed E-state index contributed by atoms with van der Waals surface area (Å²) in [7, 11) is 0. The molecule has 0 aliphatic heterocycles. The predicted octanol–water partition coefficient (Wildman–Crippen LogP) is 3.87. The van der Waals surface area contributed by atoms with Gasteiger partial charge in [0.05, 0.1) is 23.2 Å². The molecule has 3 aromatic rings. The van der Waals surface area contributed by atoms with Crippen LogP contribution in [0.15, 0.2) is 36.5 Å². The molecule has 1 atom stereocenters. The molecule has 1 amide bonds. The number of ether oxygens (including phenoxy) is 1. The maximum Gasteiger partial charge on any atom is 0.253 e. The Morgan fingerprint density at radius 3 is 2.67 bits per heavy atom. The molecule has 0 saturated carbocycles. The standard InChI is InChI=1S/C22H27FN4O3/c1-13(2)27-18-10-16(21(29)25-22(4,5)12-28)11-24-20(18)19(26-27)15-7-6-8-17(9-15)30-14(3)23/h6-11,13-14,28H,12H2,1-5H3,(H,25,29). The average Bonchev–Trinajstić information content (AvgIpc) is 3.06. The first-order chi connectivity index (χ1) is 14.1. The molecule has 7 nitrogen and oxygen atoms in total. The minimum absolute atomic E-state index is 0.0283. The lowest BCUT2D eigenvalue weighted by atomic mass is 10.1. The number of pyridine rings is 1. The summed E-state index contributed by atoms with van der Waals surface area (Å²) in [6, 6.07) is 8.79. The number of amides is 1. The Hall–Kier alpha value is -3.00. The van der Waals surface area contributed by atoms with Crippen LogP contribution in [-0.2, 0) is 0 Å². The van der Waals surface area contributed by atoms with Gasteiger partial charge < -0.3 is 15.2 Å². The summed E-state index contributed by atoms with van der Waals surface area (Å²) < 4.78 is 20.2. The average molecular weight is 414 g/mol. The molecule has 1 unspecified atom stereocenters. The van der Waals surface area contributed by atoms with E-state index in [1.54, 1.807) is 42.8 Å². The maximum absolute atomic E-state index is 13.2. The molecular formula is C22H27FN4O3. The van der Waals surface area contributed by atoms with E-state index < -0.39 is 11.9 Å². The summed E-state index contributed by atoms with van der Waals surface area (Å²) in [5.74, 6) is 0.0748. The van der Waals surface area contributed by atoms with Crippen LogP contribution in [0.1, 0.15) is 51.0 Å². The number of carbonyl (C=O) groups is 1. The van der Waals surface area contributed by atoms with E-state index in [0.29, 0.717) is 28.0 Å². The van der Waals surface area contributed by atoms with Crippen molar-refractivity contribution in [1.29, 1.82) is 0 Å². The summed E-state index contributed by atoms with van der Waals surface area (Å²) >= 11 is 0. The van der Waals surface area contributed by atoms with E-state index in [1.165, 1.54) is 13.1 Å². The molecule has 0 aliphatic carbocycles. The number of halogens is 1. The number of nitrogens with zero attached hydrogens (tertiary/aromatic N) is 3. The third kappa shape index (κ3) is 4.59. The minimum atomic E-state index is -1.42. The molecule has 0 saturated heterocycles. The fourth-order valence-electron chi connectivity index (χ4n) is 3.05. The van der Waals surface area contributed by atoms with Crippen LogP contribution >= 0.6 is 0 Å². The largest absolute Gasteiger partial charge is 0.461 e. The molecule has 0 aliphatic rings. The van der Waals surface area contributed by atoms with Crippen molar-refractivity contribution in [1.82, 2.24) is 20.1 Å². The van der Waals surface area contributed by atoms with Gasteiger partial charge in [0.25, 0.3) is 5.91 Å². The zero-order valence-electron chi connectivity index (χ0n) is 17.8. The molecule has 0 spiro atoms. The van der Waals surface area contributed by atoms with Crippen LogP contribution in [0.5, 0.6) is 5.75 Å². The number of rotatable bonds is 7. The molecule has 30 heavy (non-hydrogen) atoms. The lowest BCUT2D eigenvalue weighted by molar-refractivity contribution is 0.0857. The highest BCUT2D eigenvalue weighted by molar-refractivity contribution is 5.99. The van der Waals surface area contributed by atoms with Crippen LogP contribution in [0.4, 0.5) is 4.39 Å². The van der Waals surface area contributed by atoms with Crippen LogP contribution in [0.2, 0.25) is 0 Å². The number of aliphatic hydroxyl groups excluding tert-OH is 1. The number of fused-ring (bicyclic) bond motifs is 1. The Morgan fingerprint density at radius 2 is 2.03 bits per heavy atom. The van der Waals surface area contributed by atoms with Crippen molar-refractivity contribution in [3.05, 3.63) is 42.1 Å². The van der Waals surface area contributed by atoms with Crippen LogP contribution < -0.4 is 10.1 Å². The van der Waals surface area contributed by atoms with Gasteiger partial charge in [-0.1, -0.05) is 12.1 Å². The first-order valence-corrected chi connectivity index (χ1v) is 9.84. The Labute approximate surface area is 174 Å². The zero-order chi connectivity index (χ0) is 22.1. The maximum atomic E-state index is 13.2. The number of aliphatic hydroxyl groups is 1. The normalized spacial score (nSPS) is 12.9. The van der Waals surface area contributed by atoms with Crippen LogP contribution in [0.25, 0.3) is 22.3 Å². The number of nitrogens with one attached hydrogen (secondary N) is 1. The second kappa shape index (κ2) is 8.39. The number of carbonyl (C=O) groups excluding carboxylic acids is 1. The van der Waals surface area contributed by atoms with Crippen LogP contribution in [0, 0.1) is 0 Å². The fraction of sp³-hybridized carbons (Fsp3) is 0.409. The summed E-state index contributed by atoms with van der Waals surface area (Å²) in [4.78, 5) is 17.1. The minimum Gasteiger partial charge on any atom is -0.461 e. The second-order valence-electron chi connectivity index (χ2n) is 8.16. The van der Waals surface area contributed by atoms with Crippen molar-refractivity contribution < 1.29 is 19.0 Å². The van der Waals surface area contributed by atoms with E-state index in [-0.39, 0.29) is 18.6 Å². The molecule has 3 rings (SSSR count). The number of aromatic nitrogens is 3. The molecule has 0 bridgehead atoms. The van der Waals surface area contributed by atoms with Crippen molar-refractivity contribution in [3.8, 4) is 17.0 Å². The van der Waals surface area contributed by atoms with Gasteiger partial charge in [-0.25, -0.2) is 4.39 Å². The number of alkyl halides is 1. The molecule has 0 radical (unpaired) electrons. The summed E-state index contributed by atoms with van der Waals surface area (Å²) in [6.45, 7) is 8.59. The van der Waals surface area contributed by atoms with Gasteiger partial charge in [-0.05, 0) is 45.9 Å². The van der Waals surface area contributed by atoms with Crippen molar-refractivity contribution in [2.24, 2.45) is 0 Å². The predicted molar refractivity (Wildman–Crippen MR) is 113 cm³/mol. The van der Waals surface area contributed by atoms with Gasteiger partial charge in [0.2, 0.25) is 6.36 Å². The van der Waals surface area contributed by atoms with Gasteiger partial charge >= 0.3 is 0 Å². The van der Waals surface area contributed by atoms with Gasteiger partial charge in [-0.15, -0.1) is 0 Å². The Bertz CT molecular complexity index is 1060. The van der Waals surface area contributed by atoms with E-state index in [9.17, 15) is 14.3 Å². The monoisotopic (exact) mass is 414 g/mol. The van der Waals surface area contributed by atoms with Crippen molar-refractivity contribution in [2.75, 3.05) is 6.61 Å². The summed E-state index contributed by atoms with van der Waals surface area (Å²) in [5.41, 5.74) is 2.33. The van der Waals surface area contributed by atoms with E-state index >= 15 is 0 Å². The quantitative estimate of drug-likeness (QED) is 0.613. The van der Waals surface area contributed by atoms with Crippen LogP contribution in [0.3, 0.4) is 0 Å². The zero-order valence-corrected chi connectivity index (χ0v) is 17.8. The number of hydrogen-bond donors (Lipinski definition) is 2. The molecule has 2 aromatic heterocycles. The van der Waals surface area contributed by atoms with Crippen LogP contribution in [-0.4, -0.2) is 44.3 Å². The van der Waals surface area contributed by atoms with E-state index in [2.05, 4.69) is 10.3 Å². The Morgan fingerprint density at radius 1 is 1.30 bits per heavy atom. The third-order valence-electron chi connectivity index (χ3n) is 4.55. The van der Waals surface area contributed by atoms with Crippen molar-refractivity contribution in [3.63, 3.8) is 0 Å². The molecule has 8 heteroatoms. The van der Waals surface area contributed by atoms with E-state index in [1.807, 2.05) is 19.9 Å². The number of benzene rings is 1. The second-order valence-corrected chi connectivity index (χ2v) is 8.16. The lowest BCUT2D eigenvalue weighted by Gasteiger charge is -2.23. The summed E-state index contributed by atoms with van der Waals surface area (Å²) in [6.07, 6.45) is 0.0675. The van der Waals surface area contributed by atoms with E-state index in [4.69, 9.17) is 9.84 Å². The summed E-state index contributed by atoms with van der Waals surface area (Å²) in [5, 5.41) is 16.9. The third-order valence-corrected chi connectivity index (χ3v) is 4.55.